The molecule has 0 spiro atoms. The van der Waals surface area contributed by atoms with Gasteiger partial charge in [-0.25, -0.2) is 18.7 Å². The molecule has 0 bridgehead atoms. The van der Waals surface area contributed by atoms with E-state index >= 15 is 0 Å². The van der Waals surface area contributed by atoms with Crippen LogP contribution in [0.25, 0.3) is 10.9 Å². The Morgan fingerprint density at radius 3 is 2.82 bits per heavy atom. The molecule has 0 unspecified atom stereocenters. The number of rotatable bonds is 3. The van der Waals surface area contributed by atoms with Crippen molar-refractivity contribution in [3.63, 3.8) is 0 Å². The number of primary amides is 1. The van der Waals surface area contributed by atoms with Gasteiger partial charge in [0.2, 0.25) is 5.91 Å². The van der Waals surface area contributed by atoms with E-state index in [4.69, 9.17) is 5.73 Å². The van der Waals surface area contributed by atoms with Gasteiger partial charge in [-0.2, -0.15) is 0 Å². The first-order valence-corrected chi connectivity index (χ1v) is 7.21. The zero-order valence-electron chi connectivity index (χ0n) is 11.9. The van der Waals surface area contributed by atoms with E-state index in [0.717, 1.165) is 31.4 Å². The molecule has 1 atom stereocenters. The number of nitrogens with zero attached hydrogens (tertiary/aromatic N) is 3. The summed E-state index contributed by atoms with van der Waals surface area (Å²) in [6.07, 6.45) is 4.31. The number of anilines is 1. The summed E-state index contributed by atoms with van der Waals surface area (Å²) in [5.74, 6) is -1.74. The SMILES string of the molecule is NC(=O)C[C@@H]1CCCCN1c1ncnc2cc(F)c(F)cc12. The van der Waals surface area contributed by atoms with Gasteiger partial charge in [-0.05, 0) is 25.3 Å². The summed E-state index contributed by atoms with van der Waals surface area (Å²) < 4.78 is 26.9. The molecule has 5 nitrogen and oxygen atoms in total. The molecule has 1 aliphatic rings. The minimum atomic E-state index is -0.940. The van der Waals surface area contributed by atoms with E-state index in [1.54, 1.807) is 0 Å². The Morgan fingerprint density at radius 1 is 1.27 bits per heavy atom. The van der Waals surface area contributed by atoms with Gasteiger partial charge in [0, 0.05) is 30.5 Å². The summed E-state index contributed by atoms with van der Waals surface area (Å²) in [6, 6.07) is 2.09. The molecule has 2 heterocycles. The lowest BCUT2D eigenvalue weighted by atomic mass is 9.98. The Kier molecular flexibility index (Phi) is 3.87. The molecular weight excluding hydrogens is 290 g/mol. The van der Waals surface area contributed by atoms with Gasteiger partial charge in [0.1, 0.15) is 12.1 Å². The van der Waals surface area contributed by atoms with Crippen molar-refractivity contribution >= 4 is 22.6 Å². The second kappa shape index (κ2) is 5.82. The van der Waals surface area contributed by atoms with Crippen LogP contribution in [0.2, 0.25) is 0 Å². The second-order valence-electron chi connectivity index (χ2n) is 5.49. The monoisotopic (exact) mass is 306 g/mol. The van der Waals surface area contributed by atoms with Crippen molar-refractivity contribution in [3.8, 4) is 0 Å². The van der Waals surface area contributed by atoms with Crippen LogP contribution in [0.3, 0.4) is 0 Å². The van der Waals surface area contributed by atoms with E-state index in [1.807, 2.05) is 4.90 Å². The number of fused-ring (bicyclic) bond motifs is 1. The van der Waals surface area contributed by atoms with Gasteiger partial charge in [0.25, 0.3) is 0 Å². The third-order valence-corrected chi connectivity index (χ3v) is 3.99. The second-order valence-corrected chi connectivity index (χ2v) is 5.49. The molecule has 1 aromatic carbocycles. The largest absolute Gasteiger partial charge is 0.370 e. The van der Waals surface area contributed by atoms with Crippen LogP contribution in [0.15, 0.2) is 18.5 Å². The standard InChI is InChI=1S/C15H16F2N4O/c16-11-6-10-13(7-12(11)17)19-8-20-15(10)21-4-2-1-3-9(21)5-14(18)22/h6-9H,1-5H2,(H2,18,22)/t9-/m0/s1. The van der Waals surface area contributed by atoms with Crippen LogP contribution in [0.5, 0.6) is 0 Å². The Hall–Kier alpha value is -2.31. The number of nitrogens with two attached hydrogens (primary N) is 1. The average Bonchev–Trinajstić information content (AvgIpc) is 2.48. The molecule has 3 rings (SSSR count). The zero-order chi connectivity index (χ0) is 15.7. The molecule has 2 N–H and O–H groups in total. The number of halogens is 2. The predicted octanol–water partition coefficient (Wildman–Crippen LogP) is 2.14. The molecule has 116 valence electrons. The molecule has 0 saturated carbocycles. The van der Waals surface area contributed by atoms with Crippen molar-refractivity contribution < 1.29 is 13.6 Å². The lowest BCUT2D eigenvalue weighted by molar-refractivity contribution is -0.118. The molecule has 7 heteroatoms. The molecule has 1 aliphatic heterocycles. The molecule has 1 fully saturated rings. The van der Waals surface area contributed by atoms with Crippen LogP contribution < -0.4 is 10.6 Å². The van der Waals surface area contributed by atoms with E-state index in [0.29, 0.717) is 23.3 Å². The van der Waals surface area contributed by atoms with Crippen molar-refractivity contribution in [3.05, 3.63) is 30.1 Å². The lowest BCUT2D eigenvalue weighted by Gasteiger charge is -2.36. The number of carbonyl (C=O) groups is 1. The topological polar surface area (TPSA) is 72.1 Å². The van der Waals surface area contributed by atoms with E-state index in [-0.39, 0.29) is 18.4 Å². The summed E-state index contributed by atoms with van der Waals surface area (Å²) in [4.78, 5) is 21.4. The fourth-order valence-electron chi connectivity index (χ4n) is 2.99. The normalized spacial score (nSPS) is 18.6. The number of hydrogen-bond donors (Lipinski definition) is 1. The number of hydrogen-bond acceptors (Lipinski definition) is 4. The Balaban J connectivity index is 2.07. The zero-order valence-corrected chi connectivity index (χ0v) is 11.9. The van der Waals surface area contributed by atoms with Crippen molar-refractivity contribution in [2.45, 2.75) is 31.7 Å². The maximum atomic E-state index is 13.6. The lowest BCUT2D eigenvalue weighted by Crippen LogP contribution is -2.42. The van der Waals surface area contributed by atoms with Crippen LogP contribution in [-0.2, 0) is 4.79 Å². The Labute approximate surface area is 126 Å². The van der Waals surface area contributed by atoms with Crippen LogP contribution >= 0.6 is 0 Å². The van der Waals surface area contributed by atoms with Crippen molar-refractivity contribution in [2.24, 2.45) is 5.73 Å². The van der Waals surface area contributed by atoms with Crippen LogP contribution in [0.4, 0.5) is 14.6 Å². The molecule has 1 amide bonds. The van der Waals surface area contributed by atoms with Crippen molar-refractivity contribution in [1.82, 2.24) is 9.97 Å². The highest BCUT2D eigenvalue weighted by Crippen LogP contribution is 2.31. The first kappa shape index (κ1) is 14.6. The summed E-state index contributed by atoms with van der Waals surface area (Å²) >= 11 is 0. The van der Waals surface area contributed by atoms with E-state index in [9.17, 15) is 13.6 Å². The highest BCUT2D eigenvalue weighted by molar-refractivity contribution is 5.89. The molecule has 22 heavy (non-hydrogen) atoms. The molecule has 2 aromatic rings. The molecule has 1 aromatic heterocycles. The number of carbonyl (C=O) groups excluding carboxylic acids is 1. The van der Waals surface area contributed by atoms with Gasteiger partial charge in [-0.3, -0.25) is 4.79 Å². The van der Waals surface area contributed by atoms with Crippen LogP contribution in [0, 0.1) is 11.6 Å². The summed E-state index contributed by atoms with van der Waals surface area (Å²) in [5, 5.41) is 0.442. The first-order chi connectivity index (χ1) is 10.6. The maximum Gasteiger partial charge on any atom is 0.219 e. The van der Waals surface area contributed by atoms with E-state index < -0.39 is 11.6 Å². The maximum absolute atomic E-state index is 13.6. The van der Waals surface area contributed by atoms with Gasteiger partial charge >= 0.3 is 0 Å². The summed E-state index contributed by atoms with van der Waals surface area (Å²) in [7, 11) is 0. The average molecular weight is 306 g/mol. The van der Waals surface area contributed by atoms with Gasteiger partial charge in [-0.1, -0.05) is 0 Å². The molecule has 0 aliphatic carbocycles. The Morgan fingerprint density at radius 2 is 2.05 bits per heavy atom. The first-order valence-electron chi connectivity index (χ1n) is 7.21. The third kappa shape index (κ3) is 2.70. The fraction of sp³-hybridized carbons (Fsp3) is 0.400. The third-order valence-electron chi connectivity index (χ3n) is 3.99. The van der Waals surface area contributed by atoms with Crippen molar-refractivity contribution in [1.29, 1.82) is 0 Å². The fourth-order valence-corrected chi connectivity index (χ4v) is 2.99. The smallest absolute Gasteiger partial charge is 0.219 e. The Bertz CT molecular complexity index is 722. The molecule has 1 saturated heterocycles. The van der Waals surface area contributed by atoms with Gasteiger partial charge < -0.3 is 10.6 Å². The summed E-state index contributed by atoms with van der Waals surface area (Å²) in [6.45, 7) is 0.697. The van der Waals surface area contributed by atoms with E-state index in [2.05, 4.69) is 9.97 Å². The van der Waals surface area contributed by atoms with Gasteiger partial charge in [0.15, 0.2) is 11.6 Å². The number of amides is 1. The highest BCUT2D eigenvalue weighted by Gasteiger charge is 2.26. The highest BCUT2D eigenvalue weighted by atomic mass is 19.2. The number of benzene rings is 1. The van der Waals surface area contributed by atoms with Gasteiger partial charge in [-0.15, -0.1) is 0 Å². The van der Waals surface area contributed by atoms with Gasteiger partial charge in [0.05, 0.1) is 5.52 Å². The number of aromatic nitrogens is 2. The molecular formula is C15H16F2N4O. The number of piperidine rings is 1. The summed E-state index contributed by atoms with van der Waals surface area (Å²) in [5.41, 5.74) is 5.65. The minimum Gasteiger partial charge on any atom is -0.370 e. The van der Waals surface area contributed by atoms with Crippen molar-refractivity contribution in [2.75, 3.05) is 11.4 Å². The quantitative estimate of drug-likeness (QED) is 0.943. The van der Waals surface area contributed by atoms with Crippen LogP contribution in [-0.4, -0.2) is 28.5 Å². The van der Waals surface area contributed by atoms with E-state index in [1.165, 1.54) is 6.33 Å². The molecule has 0 radical (unpaired) electrons. The predicted molar refractivity (Wildman–Crippen MR) is 78.3 cm³/mol. The minimum absolute atomic E-state index is 0.0718. The van der Waals surface area contributed by atoms with Crippen LogP contribution in [0.1, 0.15) is 25.7 Å².